The van der Waals surface area contributed by atoms with E-state index in [1.807, 2.05) is 17.8 Å². The summed E-state index contributed by atoms with van der Waals surface area (Å²) in [7, 11) is 0. The normalized spacial score (nSPS) is 14.6. The lowest BCUT2D eigenvalue weighted by Crippen LogP contribution is -2.22. The van der Waals surface area contributed by atoms with Crippen molar-refractivity contribution in [3.8, 4) is 0 Å². The van der Waals surface area contributed by atoms with Crippen LogP contribution in [-0.2, 0) is 0 Å². The molecule has 0 radical (unpaired) electrons. The van der Waals surface area contributed by atoms with Crippen LogP contribution in [0, 0.1) is 0 Å². The fraction of sp³-hybridized carbons (Fsp3) is 0.333. The summed E-state index contributed by atoms with van der Waals surface area (Å²) < 4.78 is 0. The summed E-state index contributed by atoms with van der Waals surface area (Å²) in [5, 5.41) is 5.58. The Balaban J connectivity index is 2.00. The van der Waals surface area contributed by atoms with Gasteiger partial charge in [-0.25, -0.2) is 4.98 Å². The van der Waals surface area contributed by atoms with Crippen LogP contribution in [0.3, 0.4) is 0 Å². The van der Waals surface area contributed by atoms with Gasteiger partial charge in [-0.05, 0) is 25.5 Å². The van der Waals surface area contributed by atoms with Gasteiger partial charge in [0.15, 0.2) is 0 Å². The van der Waals surface area contributed by atoms with E-state index in [0.29, 0.717) is 0 Å². The third-order valence-electron chi connectivity index (χ3n) is 2.58. The molecule has 4 heteroatoms. The molecule has 0 bridgehead atoms. The first-order chi connectivity index (χ1) is 7.77. The van der Waals surface area contributed by atoms with Gasteiger partial charge in [0.2, 0.25) is 0 Å². The van der Waals surface area contributed by atoms with Crippen LogP contribution in [0.5, 0.6) is 0 Å². The summed E-state index contributed by atoms with van der Waals surface area (Å²) in [6.07, 6.45) is 3.69. The highest BCUT2D eigenvalue weighted by molar-refractivity contribution is 7.07. The Morgan fingerprint density at radius 3 is 2.81 bits per heavy atom. The monoisotopic (exact) mass is 233 g/mol. The van der Waals surface area contributed by atoms with Gasteiger partial charge in [-0.15, -0.1) is 11.3 Å². The molecule has 0 fully saturated rings. The lowest BCUT2D eigenvalue weighted by atomic mass is 10.1. The van der Waals surface area contributed by atoms with Crippen LogP contribution in [0.4, 0.5) is 0 Å². The summed E-state index contributed by atoms with van der Waals surface area (Å²) in [4.78, 5) is 8.43. The molecule has 1 N–H and O–H groups in total. The smallest absolute Gasteiger partial charge is 0.0795 e. The SMILES string of the molecule is CC(N[C@H](C)c1cccnc1)c1cscn1. The highest BCUT2D eigenvalue weighted by Gasteiger charge is 2.12. The maximum absolute atomic E-state index is 4.30. The van der Waals surface area contributed by atoms with Crippen LogP contribution >= 0.6 is 11.3 Å². The Kier molecular flexibility index (Phi) is 3.64. The zero-order chi connectivity index (χ0) is 11.4. The second-order valence-electron chi connectivity index (χ2n) is 3.81. The largest absolute Gasteiger partial charge is 0.302 e. The van der Waals surface area contributed by atoms with Crippen LogP contribution < -0.4 is 5.32 Å². The summed E-state index contributed by atoms with van der Waals surface area (Å²) in [6, 6.07) is 4.59. The van der Waals surface area contributed by atoms with Crippen molar-refractivity contribution in [2.45, 2.75) is 25.9 Å². The molecular weight excluding hydrogens is 218 g/mol. The minimum absolute atomic E-state index is 0.265. The fourth-order valence-corrected chi connectivity index (χ4v) is 2.27. The molecule has 3 nitrogen and oxygen atoms in total. The van der Waals surface area contributed by atoms with Gasteiger partial charge in [0.1, 0.15) is 0 Å². The highest BCUT2D eigenvalue weighted by Crippen LogP contribution is 2.18. The maximum Gasteiger partial charge on any atom is 0.0795 e. The first-order valence-corrected chi connectivity index (χ1v) is 6.25. The van der Waals surface area contributed by atoms with Crippen molar-refractivity contribution < 1.29 is 0 Å². The Morgan fingerprint density at radius 2 is 2.19 bits per heavy atom. The van der Waals surface area contributed by atoms with Crippen molar-refractivity contribution in [3.05, 3.63) is 46.7 Å². The summed E-state index contributed by atoms with van der Waals surface area (Å²) in [5.41, 5.74) is 4.16. The average Bonchev–Trinajstić information content (AvgIpc) is 2.83. The fourth-order valence-electron chi connectivity index (χ4n) is 1.62. The number of hydrogen-bond donors (Lipinski definition) is 1. The highest BCUT2D eigenvalue weighted by atomic mass is 32.1. The molecule has 2 heterocycles. The Labute approximate surface area is 99.6 Å². The van der Waals surface area contributed by atoms with E-state index in [9.17, 15) is 0 Å². The van der Waals surface area contributed by atoms with Crippen LogP contribution in [0.1, 0.15) is 37.2 Å². The molecule has 0 spiro atoms. The van der Waals surface area contributed by atoms with Crippen molar-refractivity contribution in [3.63, 3.8) is 0 Å². The standard InChI is InChI=1S/C12H15N3S/c1-9(11-4-3-5-13-6-11)15-10(2)12-7-16-8-14-12/h3-10,15H,1-2H3/t9-,10?/m1/s1. The van der Waals surface area contributed by atoms with Crippen molar-refractivity contribution in [1.29, 1.82) is 0 Å². The second-order valence-corrected chi connectivity index (χ2v) is 4.53. The quantitative estimate of drug-likeness (QED) is 0.882. The molecule has 0 aliphatic carbocycles. The lowest BCUT2D eigenvalue weighted by molar-refractivity contribution is 0.487. The minimum Gasteiger partial charge on any atom is -0.302 e. The van der Waals surface area contributed by atoms with Crippen LogP contribution in [-0.4, -0.2) is 9.97 Å². The zero-order valence-electron chi connectivity index (χ0n) is 9.42. The van der Waals surface area contributed by atoms with Gasteiger partial charge in [-0.1, -0.05) is 6.07 Å². The molecule has 0 aliphatic heterocycles. The van der Waals surface area contributed by atoms with Gasteiger partial charge in [0.25, 0.3) is 0 Å². The molecule has 1 unspecified atom stereocenters. The van der Waals surface area contributed by atoms with Crippen LogP contribution in [0.25, 0.3) is 0 Å². The maximum atomic E-state index is 4.30. The van der Waals surface area contributed by atoms with Gasteiger partial charge in [0, 0.05) is 29.9 Å². The molecule has 0 aromatic carbocycles. The van der Waals surface area contributed by atoms with Crippen molar-refractivity contribution >= 4 is 11.3 Å². The molecular formula is C12H15N3S. The van der Waals surface area contributed by atoms with Gasteiger partial charge in [0.05, 0.1) is 11.2 Å². The Hall–Kier alpha value is -1.26. The molecule has 0 aliphatic rings. The molecule has 84 valence electrons. The number of nitrogens with zero attached hydrogens (tertiary/aromatic N) is 2. The zero-order valence-corrected chi connectivity index (χ0v) is 10.2. The third kappa shape index (κ3) is 2.65. The second kappa shape index (κ2) is 5.18. The van der Waals surface area contributed by atoms with E-state index in [2.05, 4.69) is 40.6 Å². The number of thiazole rings is 1. The van der Waals surface area contributed by atoms with Gasteiger partial charge < -0.3 is 5.32 Å². The van der Waals surface area contributed by atoms with E-state index in [1.54, 1.807) is 17.5 Å². The number of rotatable bonds is 4. The first kappa shape index (κ1) is 11.2. The van der Waals surface area contributed by atoms with E-state index < -0.39 is 0 Å². The summed E-state index contributed by atoms with van der Waals surface area (Å²) in [5.74, 6) is 0. The average molecular weight is 233 g/mol. The number of aromatic nitrogens is 2. The lowest BCUT2D eigenvalue weighted by Gasteiger charge is -2.18. The minimum atomic E-state index is 0.265. The van der Waals surface area contributed by atoms with Crippen LogP contribution in [0.15, 0.2) is 35.4 Å². The summed E-state index contributed by atoms with van der Waals surface area (Å²) in [6.45, 7) is 4.27. The molecule has 0 amide bonds. The van der Waals surface area contributed by atoms with E-state index in [4.69, 9.17) is 0 Å². The molecule has 0 saturated carbocycles. The number of hydrogen-bond acceptors (Lipinski definition) is 4. The van der Waals surface area contributed by atoms with E-state index >= 15 is 0 Å². The third-order valence-corrected chi connectivity index (χ3v) is 3.18. The molecule has 2 aromatic rings. The Morgan fingerprint density at radius 1 is 1.31 bits per heavy atom. The topological polar surface area (TPSA) is 37.8 Å². The van der Waals surface area contributed by atoms with Gasteiger partial charge in [-0.3, -0.25) is 4.98 Å². The van der Waals surface area contributed by atoms with Crippen molar-refractivity contribution in [2.24, 2.45) is 0 Å². The Bertz CT molecular complexity index is 413. The molecule has 0 saturated heterocycles. The van der Waals surface area contributed by atoms with Crippen LogP contribution in [0.2, 0.25) is 0 Å². The number of nitrogens with one attached hydrogen (secondary N) is 1. The molecule has 16 heavy (non-hydrogen) atoms. The molecule has 2 rings (SSSR count). The van der Waals surface area contributed by atoms with E-state index in [0.717, 1.165) is 5.69 Å². The van der Waals surface area contributed by atoms with Gasteiger partial charge >= 0.3 is 0 Å². The van der Waals surface area contributed by atoms with Gasteiger partial charge in [-0.2, -0.15) is 0 Å². The predicted molar refractivity (Wildman–Crippen MR) is 66.3 cm³/mol. The molecule has 2 aromatic heterocycles. The van der Waals surface area contributed by atoms with E-state index in [1.165, 1.54) is 5.56 Å². The predicted octanol–water partition coefficient (Wildman–Crippen LogP) is 2.95. The van der Waals surface area contributed by atoms with Crippen molar-refractivity contribution in [1.82, 2.24) is 15.3 Å². The van der Waals surface area contributed by atoms with E-state index in [-0.39, 0.29) is 12.1 Å². The van der Waals surface area contributed by atoms with Crippen molar-refractivity contribution in [2.75, 3.05) is 0 Å². The number of pyridine rings is 1. The first-order valence-electron chi connectivity index (χ1n) is 5.31. The summed E-state index contributed by atoms with van der Waals surface area (Å²) >= 11 is 1.63. The molecule has 2 atom stereocenters.